The number of nitrogens with two attached hydrogens (primary N) is 1. The molecular formula is C56H66F2N10O9S. The number of nitrogens with zero attached hydrogens (tertiary/aromatic N) is 4. The summed E-state index contributed by atoms with van der Waals surface area (Å²) in [7, 11) is 0. The van der Waals surface area contributed by atoms with Crippen molar-refractivity contribution in [1.29, 1.82) is 0 Å². The number of benzene rings is 3. The van der Waals surface area contributed by atoms with Crippen LogP contribution in [0.25, 0.3) is 11.3 Å². The molecular weight excluding hydrogens is 1030 g/mol. The van der Waals surface area contributed by atoms with E-state index in [4.69, 9.17) is 15.5 Å². The number of alkyl carbamates (subject to hydrolysis) is 1. The van der Waals surface area contributed by atoms with Gasteiger partial charge in [0.2, 0.25) is 11.8 Å². The van der Waals surface area contributed by atoms with Crippen molar-refractivity contribution >= 4 is 64.5 Å². The Morgan fingerprint density at radius 3 is 2.23 bits per heavy atom. The van der Waals surface area contributed by atoms with Crippen molar-refractivity contribution in [2.24, 2.45) is 23.0 Å². The zero-order chi connectivity index (χ0) is 56.5. The lowest BCUT2D eigenvalue weighted by Gasteiger charge is -2.31. The molecule has 78 heavy (non-hydrogen) atoms. The quantitative estimate of drug-likeness (QED) is 0.0218. The zero-order valence-corrected chi connectivity index (χ0v) is 45.1. The van der Waals surface area contributed by atoms with E-state index in [9.17, 15) is 42.7 Å². The van der Waals surface area contributed by atoms with Crippen molar-refractivity contribution in [3.05, 3.63) is 136 Å². The number of nitrogens with one attached hydrogen (secondary N) is 5. The number of carbonyl (C=O) groups excluding carboxylic acids is 8. The minimum Gasteiger partial charge on any atom is -0.445 e. The molecule has 0 spiro atoms. The van der Waals surface area contributed by atoms with E-state index in [2.05, 4.69) is 31.6 Å². The van der Waals surface area contributed by atoms with E-state index in [1.807, 2.05) is 55.7 Å². The number of urea groups is 1. The molecule has 0 saturated heterocycles. The lowest BCUT2D eigenvalue weighted by atomic mass is 9.86. The standard InChI is InChI=1S/C56H66F2N10O9S/c1-34(2)49(65-45(70)16-10-7-11-26-68-47(71)23-24-48(68)72)44(69)27-37(15-12-25-60-54(59)75)52(73)62-39-20-17-36(18-21-39)32-77-55(76)61-29-46-63-43(33-78-46)53(74)66-50(56(3,4)5)51-64-42(40-28-38(57)19-22-41(40)58)31-67(51)30-35-13-8-6-9-14-35/h6,8-9,13-14,17-24,28,31,33-34,37,49-50H,7,10-12,15-16,25-27,29-30,32H2,1-5H3,(H,61,76)(H,62,73)(H,65,70)(H,66,74)(H3,59,60,75)/t37-,49+,50+/m1/s1. The van der Waals surface area contributed by atoms with Crippen LogP contribution in [0.2, 0.25) is 0 Å². The summed E-state index contributed by atoms with van der Waals surface area (Å²) in [5, 5.41) is 15.8. The third-order valence-electron chi connectivity index (χ3n) is 12.7. The van der Waals surface area contributed by atoms with Gasteiger partial charge in [0.05, 0.1) is 24.3 Å². The van der Waals surface area contributed by atoms with E-state index in [1.54, 1.807) is 49.7 Å². The van der Waals surface area contributed by atoms with Crippen LogP contribution in [-0.2, 0) is 48.4 Å². The van der Waals surface area contributed by atoms with Crippen LogP contribution in [0.15, 0.2) is 96.5 Å². The molecule has 0 fully saturated rings. The zero-order valence-electron chi connectivity index (χ0n) is 44.2. The molecule has 5 aromatic rings. The van der Waals surface area contributed by atoms with Gasteiger partial charge in [-0.25, -0.2) is 28.3 Å². The van der Waals surface area contributed by atoms with E-state index < -0.39 is 59.0 Å². The molecule has 0 bridgehead atoms. The number of unbranched alkanes of at least 4 members (excludes halogenated alkanes) is 2. The highest BCUT2D eigenvalue weighted by Crippen LogP contribution is 2.35. The minimum absolute atomic E-state index is 0.0177. The molecule has 0 radical (unpaired) electrons. The summed E-state index contributed by atoms with van der Waals surface area (Å²) in [6.45, 7) is 9.94. The summed E-state index contributed by atoms with van der Waals surface area (Å²) in [5.74, 6) is -4.33. The van der Waals surface area contributed by atoms with Gasteiger partial charge >= 0.3 is 12.1 Å². The third-order valence-corrected chi connectivity index (χ3v) is 13.6. The molecule has 414 valence electrons. The van der Waals surface area contributed by atoms with Crippen molar-refractivity contribution in [3.8, 4) is 11.3 Å². The predicted molar refractivity (Wildman–Crippen MR) is 288 cm³/mol. The summed E-state index contributed by atoms with van der Waals surface area (Å²) < 4.78 is 36.6. The van der Waals surface area contributed by atoms with Gasteiger partial charge in [-0.1, -0.05) is 83.5 Å². The second kappa shape index (κ2) is 27.8. The second-order valence-corrected chi connectivity index (χ2v) is 21.2. The average Bonchev–Trinajstić information content (AvgIpc) is 4.13. The number of hydrogen-bond acceptors (Lipinski definition) is 12. The molecule has 0 aliphatic carbocycles. The number of imide groups is 1. The first-order valence-electron chi connectivity index (χ1n) is 25.7. The number of imidazole rings is 1. The number of thiazole rings is 1. The molecule has 0 saturated carbocycles. The Bertz CT molecular complexity index is 2960. The van der Waals surface area contributed by atoms with Gasteiger partial charge in [-0.05, 0) is 78.5 Å². The summed E-state index contributed by atoms with van der Waals surface area (Å²) in [6.07, 6.45) is 5.41. The molecule has 8 amide bonds. The predicted octanol–water partition coefficient (Wildman–Crippen LogP) is 7.87. The maximum atomic E-state index is 15.0. The highest BCUT2D eigenvalue weighted by Gasteiger charge is 2.34. The van der Waals surface area contributed by atoms with E-state index in [-0.39, 0.29) is 91.9 Å². The Morgan fingerprint density at radius 2 is 1.55 bits per heavy atom. The highest BCUT2D eigenvalue weighted by molar-refractivity contribution is 7.09. The third kappa shape index (κ3) is 17.4. The van der Waals surface area contributed by atoms with Crippen LogP contribution in [0.5, 0.6) is 0 Å². The van der Waals surface area contributed by atoms with Crippen LogP contribution in [-0.4, -0.2) is 86.0 Å². The molecule has 6 rings (SSSR count). The topological polar surface area (TPSA) is 266 Å². The number of hydrogen-bond donors (Lipinski definition) is 6. The molecule has 1 aliphatic heterocycles. The number of halogens is 2. The summed E-state index contributed by atoms with van der Waals surface area (Å²) in [5.41, 5.74) is 6.81. The maximum absolute atomic E-state index is 15.0. The van der Waals surface area contributed by atoms with Crippen molar-refractivity contribution in [1.82, 2.24) is 40.7 Å². The van der Waals surface area contributed by atoms with Gasteiger partial charge in [-0.2, -0.15) is 0 Å². The summed E-state index contributed by atoms with van der Waals surface area (Å²) in [4.78, 5) is 112. The van der Waals surface area contributed by atoms with Gasteiger partial charge < -0.3 is 41.6 Å². The van der Waals surface area contributed by atoms with E-state index in [0.29, 0.717) is 54.3 Å². The fourth-order valence-electron chi connectivity index (χ4n) is 8.54. The first kappa shape index (κ1) is 59.1. The van der Waals surface area contributed by atoms with Crippen LogP contribution < -0.4 is 32.3 Å². The number of aromatic nitrogens is 3. The summed E-state index contributed by atoms with van der Waals surface area (Å²) in [6, 6.07) is 16.9. The molecule has 3 atom stereocenters. The largest absolute Gasteiger partial charge is 0.445 e. The fourth-order valence-corrected chi connectivity index (χ4v) is 9.26. The molecule has 22 heteroatoms. The van der Waals surface area contributed by atoms with Gasteiger partial charge in [0.1, 0.15) is 34.8 Å². The number of carbonyl (C=O) groups is 8. The van der Waals surface area contributed by atoms with Gasteiger partial charge in [0, 0.05) is 73.4 Å². The number of primary amides is 1. The van der Waals surface area contributed by atoms with Crippen molar-refractivity contribution in [2.45, 2.75) is 111 Å². The molecule has 3 heterocycles. The van der Waals surface area contributed by atoms with Gasteiger partial charge in [0.25, 0.3) is 17.7 Å². The van der Waals surface area contributed by atoms with Crippen LogP contribution >= 0.6 is 11.3 Å². The van der Waals surface area contributed by atoms with E-state index in [1.165, 1.54) is 12.2 Å². The smallest absolute Gasteiger partial charge is 0.407 e. The number of Topliss-reactive ketones (excluding diaryl/α,β-unsaturated/α-hetero) is 1. The SMILES string of the molecule is CC(C)[C@H](NC(=O)CCCCCN1C(=O)C=CC1=O)C(=O)C[C@@H](CCCNC(N)=O)C(=O)Nc1ccc(COC(=O)NCc2nc(C(=O)N[C@@H](c3nc(-c4cc(F)ccc4F)cn3Cc3ccccc3)C(C)(C)C)cs2)cc1. The van der Waals surface area contributed by atoms with E-state index in [0.717, 1.165) is 40.0 Å². The second-order valence-electron chi connectivity index (χ2n) is 20.3. The van der Waals surface area contributed by atoms with Gasteiger partial charge in [-0.3, -0.25) is 33.7 Å². The van der Waals surface area contributed by atoms with Crippen LogP contribution in [0.4, 0.5) is 24.1 Å². The molecule has 3 aromatic carbocycles. The Morgan fingerprint density at radius 1 is 0.833 bits per heavy atom. The molecule has 7 N–H and O–H groups in total. The molecule has 0 unspecified atom stereocenters. The minimum atomic E-state index is -0.869. The van der Waals surface area contributed by atoms with Crippen molar-refractivity contribution in [3.63, 3.8) is 0 Å². The normalized spacial score (nSPS) is 13.5. The monoisotopic (exact) mass is 1090 g/mol. The number of anilines is 1. The maximum Gasteiger partial charge on any atom is 0.407 e. The number of ether oxygens (including phenoxy) is 1. The van der Waals surface area contributed by atoms with Crippen LogP contribution in [0.3, 0.4) is 0 Å². The fraction of sp³-hybridized carbons (Fsp3) is 0.393. The number of amides is 8. The first-order chi connectivity index (χ1) is 37.1. The van der Waals surface area contributed by atoms with Crippen LogP contribution in [0.1, 0.15) is 118 Å². The molecule has 1 aliphatic rings. The van der Waals surface area contributed by atoms with Gasteiger partial charge in [0.15, 0.2) is 5.78 Å². The Kier molecular flexibility index (Phi) is 21.0. The number of ketones is 1. The van der Waals surface area contributed by atoms with Crippen molar-refractivity contribution in [2.75, 3.05) is 18.4 Å². The number of rotatable bonds is 27. The summed E-state index contributed by atoms with van der Waals surface area (Å²) >= 11 is 1.15. The Hall–Kier alpha value is -8.14. The lowest BCUT2D eigenvalue weighted by Crippen LogP contribution is -2.45. The van der Waals surface area contributed by atoms with E-state index >= 15 is 4.39 Å². The van der Waals surface area contributed by atoms with Gasteiger partial charge in [-0.15, -0.1) is 11.3 Å². The first-order valence-corrected chi connectivity index (χ1v) is 26.5. The van der Waals surface area contributed by atoms with Crippen LogP contribution in [0, 0.1) is 28.9 Å². The Balaban J connectivity index is 0.992. The average molecular weight is 1090 g/mol. The Labute approximate surface area is 455 Å². The highest BCUT2D eigenvalue weighted by atomic mass is 32.1. The molecule has 19 nitrogen and oxygen atoms in total. The lowest BCUT2D eigenvalue weighted by molar-refractivity contribution is -0.137. The molecule has 2 aromatic heterocycles. The van der Waals surface area contributed by atoms with Crippen molar-refractivity contribution < 1.29 is 51.9 Å².